The summed E-state index contributed by atoms with van der Waals surface area (Å²) in [5, 5.41) is 8.73. The maximum Gasteiger partial charge on any atom is 0.103 e. The lowest BCUT2D eigenvalue weighted by atomic mass is 10.2. The number of fused-ring (bicyclic) bond motifs is 1. The van der Waals surface area contributed by atoms with Crippen molar-refractivity contribution in [2.45, 2.75) is 0 Å². The molecule has 4 heteroatoms. The Morgan fingerprint density at radius 1 is 1.58 bits per heavy atom. The number of hydrogen-bond donors (Lipinski definition) is 1. The molecule has 0 aliphatic heterocycles. The van der Waals surface area contributed by atoms with Crippen LogP contribution in [0.5, 0.6) is 0 Å². The summed E-state index contributed by atoms with van der Waals surface area (Å²) in [5.41, 5.74) is 2.20. The third-order valence-corrected chi connectivity index (χ3v) is 2.25. The van der Waals surface area contributed by atoms with E-state index in [1.807, 2.05) is 0 Å². The summed E-state index contributed by atoms with van der Waals surface area (Å²) in [7, 11) is 0. The summed E-state index contributed by atoms with van der Waals surface area (Å²) in [5.74, 6) is 0. The van der Waals surface area contributed by atoms with Gasteiger partial charge in [-0.05, 0) is 22.0 Å². The number of aromatic nitrogens is 2. The molecule has 2 rings (SSSR count). The average Bonchev–Trinajstić information content (AvgIpc) is 2.48. The maximum atomic E-state index is 8.73. The van der Waals surface area contributed by atoms with Gasteiger partial charge in [0.2, 0.25) is 0 Å². The molecule has 0 radical (unpaired) electrons. The molecule has 3 nitrogen and oxygen atoms in total. The van der Waals surface area contributed by atoms with Crippen molar-refractivity contribution >= 4 is 27.0 Å². The van der Waals surface area contributed by atoms with Crippen molar-refractivity contribution in [1.82, 2.24) is 9.97 Å². The lowest BCUT2D eigenvalue weighted by Gasteiger charge is -1.90. The van der Waals surface area contributed by atoms with Crippen LogP contribution in [0, 0.1) is 11.3 Å². The number of halogens is 1. The van der Waals surface area contributed by atoms with E-state index in [9.17, 15) is 0 Å². The SMILES string of the molecule is N#Cc1ccnc2c(Br)c[nH]c12. The van der Waals surface area contributed by atoms with Gasteiger partial charge < -0.3 is 4.98 Å². The van der Waals surface area contributed by atoms with Gasteiger partial charge in [0.1, 0.15) is 11.6 Å². The van der Waals surface area contributed by atoms with Gasteiger partial charge in [0.15, 0.2) is 0 Å². The number of nitrogens with one attached hydrogen (secondary N) is 1. The molecule has 2 aromatic heterocycles. The van der Waals surface area contributed by atoms with Gasteiger partial charge in [-0.1, -0.05) is 0 Å². The number of nitrogens with zero attached hydrogens (tertiary/aromatic N) is 2. The van der Waals surface area contributed by atoms with Crippen molar-refractivity contribution in [1.29, 1.82) is 5.26 Å². The molecule has 2 aromatic rings. The first-order valence-electron chi connectivity index (χ1n) is 3.34. The highest BCUT2D eigenvalue weighted by Gasteiger charge is 2.05. The van der Waals surface area contributed by atoms with Gasteiger partial charge in [-0.2, -0.15) is 5.26 Å². The number of pyridine rings is 1. The Balaban J connectivity index is 2.92. The molecule has 0 saturated carbocycles. The fourth-order valence-electron chi connectivity index (χ4n) is 1.09. The van der Waals surface area contributed by atoms with Crippen LogP contribution in [0.2, 0.25) is 0 Å². The fourth-order valence-corrected chi connectivity index (χ4v) is 1.50. The van der Waals surface area contributed by atoms with E-state index in [1.54, 1.807) is 18.5 Å². The maximum absolute atomic E-state index is 8.73. The molecular formula is C8H4BrN3. The first-order chi connectivity index (χ1) is 5.83. The Bertz CT molecular complexity index is 467. The summed E-state index contributed by atoms with van der Waals surface area (Å²) in [6.45, 7) is 0. The summed E-state index contributed by atoms with van der Waals surface area (Å²) in [6.07, 6.45) is 3.40. The number of hydrogen-bond acceptors (Lipinski definition) is 2. The Morgan fingerprint density at radius 2 is 2.42 bits per heavy atom. The number of rotatable bonds is 0. The van der Waals surface area contributed by atoms with E-state index in [2.05, 4.69) is 32.0 Å². The van der Waals surface area contributed by atoms with Crippen LogP contribution >= 0.6 is 15.9 Å². The molecule has 0 aliphatic carbocycles. The van der Waals surface area contributed by atoms with Gasteiger partial charge in [0.25, 0.3) is 0 Å². The number of H-pyrrole nitrogens is 1. The molecule has 2 heterocycles. The van der Waals surface area contributed by atoms with E-state index in [1.165, 1.54) is 0 Å². The van der Waals surface area contributed by atoms with E-state index in [0.717, 1.165) is 15.5 Å². The van der Waals surface area contributed by atoms with Gasteiger partial charge in [-0.15, -0.1) is 0 Å². The standard InChI is InChI=1S/C8H4BrN3/c9-6-4-12-7-5(3-10)1-2-11-8(6)7/h1-2,4,12H. The lowest BCUT2D eigenvalue weighted by molar-refractivity contribution is 1.38. The zero-order valence-corrected chi connectivity index (χ0v) is 7.59. The summed E-state index contributed by atoms with van der Waals surface area (Å²) in [6, 6.07) is 3.78. The Labute approximate surface area is 77.2 Å². The predicted octanol–water partition coefficient (Wildman–Crippen LogP) is 2.20. The molecular weight excluding hydrogens is 218 g/mol. The molecule has 12 heavy (non-hydrogen) atoms. The molecule has 0 saturated heterocycles. The van der Waals surface area contributed by atoms with Crippen LogP contribution in [0.4, 0.5) is 0 Å². The number of nitriles is 1. The first kappa shape index (κ1) is 7.32. The molecule has 0 atom stereocenters. The lowest BCUT2D eigenvalue weighted by Crippen LogP contribution is -1.79. The van der Waals surface area contributed by atoms with Crippen LogP contribution in [-0.2, 0) is 0 Å². The first-order valence-corrected chi connectivity index (χ1v) is 4.14. The third kappa shape index (κ3) is 0.908. The quantitative estimate of drug-likeness (QED) is 0.742. The number of aromatic amines is 1. The highest BCUT2D eigenvalue weighted by Crippen LogP contribution is 2.22. The zero-order valence-electron chi connectivity index (χ0n) is 6.00. The Hall–Kier alpha value is -1.34. The molecule has 0 spiro atoms. The van der Waals surface area contributed by atoms with Gasteiger partial charge >= 0.3 is 0 Å². The van der Waals surface area contributed by atoms with Crippen molar-refractivity contribution in [3.63, 3.8) is 0 Å². The summed E-state index contributed by atoms with van der Waals surface area (Å²) >= 11 is 3.33. The molecule has 0 aromatic carbocycles. The topological polar surface area (TPSA) is 52.5 Å². The van der Waals surface area contributed by atoms with Crippen molar-refractivity contribution in [3.8, 4) is 6.07 Å². The second kappa shape index (κ2) is 2.61. The molecule has 0 unspecified atom stereocenters. The van der Waals surface area contributed by atoms with Crippen molar-refractivity contribution in [2.24, 2.45) is 0 Å². The molecule has 0 aliphatic rings. The summed E-state index contributed by atoms with van der Waals surface area (Å²) in [4.78, 5) is 7.10. The van der Waals surface area contributed by atoms with E-state index in [-0.39, 0.29) is 0 Å². The highest BCUT2D eigenvalue weighted by atomic mass is 79.9. The van der Waals surface area contributed by atoms with Crippen LogP contribution in [0.3, 0.4) is 0 Å². The monoisotopic (exact) mass is 221 g/mol. The molecule has 0 fully saturated rings. The minimum atomic E-state index is 0.616. The van der Waals surface area contributed by atoms with Gasteiger partial charge in [0.05, 0.1) is 15.6 Å². The molecule has 0 bridgehead atoms. The Morgan fingerprint density at radius 3 is 3.17 bits per heavy atom. The van der Waals surface area contributed by atoms with E-state index in [0.29, 0.717) is 5.56 Å². The van der Waals surface area contributed by atoms with E-state index in [4.69, 9.17) is 5.26 Å². The normalized spacial score (nSPS) is 10.0. The van der Waals surface area contributed by atoms with E-state index >= 15 is 0 Å². The smallest absolute Gasteiger partial charge is 0.103 e. The van der Waals surface area contributed by atoms with Crippen LogP contribution < -0.4 is 0 Å². The van der Waals surface area contributed by atoms with E-state index < -0.39 is 0 Å². The van der Waals surface area contributed by atoms with Gasteiger partial charge in [0, 0.05) is 12.4 Å². The van der Waals surface area contributed by atoms with Crippen molar-refractivity contribution in [3.05, 3.63) is 28.5 Å². The second-order valence-corrected chi connectivity index (χ2v) is 3.18. The fraction of sp³-hybridized carbons (Fsp3) is 0. The minimum Gasteiger partial charge on any atom is -0.358 e. The third-order valence-electron chi connectivity index (χ3n) is 1.64. The van der Waals surface area contributed by atoms with Crippen LogP contribution in [-0.4, -0.2) is 9.97 Å². The van der Waals surface area contributed by atoms with Crippen molar-refractivity contribution < 1.29 is 0 Å². The minimum absolute atomic E-state index is 0.616. The van der Waals surface area contributed by atoms with Crippen LogP contribution in [0.25, 0.3) is 11.0 Å². The average molecular weight is 222 g/mol. The predicted molar refractivity (Wildman–Crippen MR) is 48.5 cm³/mol. The Kier molecular flexibility index (Phi) is 1.59. The highest BCUT2D eigenvalue weighted by molar-refractivity contribution is 9.10. The zero-order chi connectivity index (χ0) is 8.55. The molecule has 58 valence electrons. The molecule has 1 N–H and O–H groups in total. The largest absolute Gasteiger partial charge is 0.358 e. The van der Waals surface area contributed by atoms with Gasteiger partial charge in [-0.3, -0.25) is 4.98 Å². The second-order valence-electron chi connectivity index (χ2n) is 2.33. The van der Waals surface area contributed by atoms with Crippen molar-refractivity contribution in [2.75, 3.05) is 0 Å². The van der Waals surface area contributed by atoms with Crippen LogP contribution in [0.15, 0.2) is 22.9 Å². The molecule has 0 amide bonds. The van der Waals surface area contributed by atoms with Gasteiger partial charge in [-0.25, -0.2) is 0 Å². The van der Waals surface area contributed by atoms with Crippen LogP contribution in [0.1, 0.15) is 5.56 Å². The summed E-state index contributed by atoms with van der Waals surface area (Å²) < 4.78 is 0.884.